The summed E-state index contributed by atoms with van der Waals surface area (Å²) < 4.78 is 0. The van der Waals surface area contributed by atoms with Crippen molar-refractivity contribution in [2.75, 3.05) is 19.6 Å². The second-order valence-electron chi connectivity index (χ2n) is 5.38. The molecule has 0 bridgehead atoms. The largest absolute Gasteiger partial charge is 0.315 e. The lowest BCUT2D eigenvalue weighted by Gasteiger charge is -2.12. The Kier molecular flexibility index (Phi) is 4.23. The van der Waals surface area contributed by atoms with Crippen LogP contribution in [0.4, 0.5) is 0 Å². The second-order valence-corrected chi connectivity index (χ2v) is 5.38. The SMILES string of the molecule is CCc1ncc(CCNC2CCNC2)c2ncccc12. The number of hydrogen-bond donors (Lipinski definition) is 2. The van der Waals surface area contributed by atoms with Gasteiger partial charge in [-0.05, 0) is 50.0 Å². The van der Waals surface area contributed by atoms with Gasteiger partial charge in [-0.15, -0.1) is 0 Å². The zero-order valence-corrected chi connectivity index (χ0v) is 12.0. The van der Waals surface area contributed by atoms with Crippen molar-refractivity contribution in [3.05, 3.63) is 35.8 Å². The third-order valence-corrected chi connectivity index (χ3v) is 4.02. The van der Waals surface area contributed by atoms with E-state index in [-0.39, 0.29) is 0 Å². The average Bonchev–Trinajstić information content (AvgIpc) is 3.01. The normalized spacial score (nSPS) is 18.8. The quantitative estimate of drug-likeness (QED) is 0.868. The molecule has 1 atom stereocenters. The molecule has 106 valence electrons. The molecule has 1 unspecified atom stereocenters. The van der Waals surface area contributed by atoms with Gasteiger partial charge in [0, 0.05) is 36.1 Å². The molecule has 0 saturated carbocycles. The minimum Gasteiger partial charge on any atom is -0.315 e. The van der Waals surface area contributed by atoms with E-state index >= 15 is 0 Å². The van der Waals surface area contributed by atoms with E-state index in [0.29, 0.717) is 6.04 Å². The molecule has 3 heterocycles. The number of rotatable bonds is 5. The van der Waals surface area contributed by atoms with Crippen LogP contribution in [0.2, 0.25) is 0 Å². The Labute approximate surface area is 120 Å². The monoisotopic (exact) mass is 270 g/mol. The molecule has 2 aromatic heterocycles. The highest BCUT2D eigenvalue weighted by Crippen LogP contribution is 2.19. The van der Waals surface area contributed by atoms with Crippen molar-refractivity contribution in [2.45, 2.75) is 32.2 Å². The van der Waals surface area contributed by atoms with Crippen LogP contribution in [-0.2, 0) is 12.8 Å². The third kappa shape index (κ3) is 2.81. The first kappa shape index (κ1) is 13.5. The summed E-state index contributed by atoms with van der Waals surface area (Å²) in [6.07, 6.45) is 7.05. The van der Waals surface area contributed by atoms with Gasteiger partial charge in [-0.25, -0.2) is 0 Å². The standard InChI is InChI=1S/C16H22N4/c1-2-15-14-4-3-7-19-16(14)12(10-20-15)5-9-18-13-6-8-17-11-13/h3-4,7,10,13,17-18H,2,5-6,8-9,11H2,1H3. The van der Waals surface area contributed by atoms with Gasteiger partial charge in [-0.3, -0.25) is 9.97 Å². The highest BCUT2D eigenvalue weighted by atomic mass is 15.0. The average molecular weight is 270 g/mol. The fraction of sp³-hybridized carbons (Fsp3) is 0.500. The summed E-state index contributed by atoms with van der Waals surface area (Å²) in [4.78, 5) is 9.16. The molecule has 1 aliphatic rings. The lowest BCUT2D eigenvalue weighted by Crippen LogP contribution is -2.32. The fourth-order valence-corrected chi connectivity index (χ4v) is 2.89. The molecule has 4 nitrogen and oxygen atoms in total. The lowest BCUT2D eigenvalue weighted by molar-refractivity contribution is 0.550. The van der Waals surface area contributed by atoms with Gasteiger partial charge in [-0.2, -0.15) is 0 Å². The molecule has 0 aliphatic carbocycles. The van der Waals surface area contributed by atoms with Gasteiger partial charge < -0.3 is 10.6 Å². The molecular weight excluding hydrogens is 248 g/mol. The molecule has 0 spiro atoms. The lowest BCUT2D eigenvalue weighted by atomic mass is 10.1. The molecule has 4 heteroatoms. The van der Waals surface area contributed by atoms with Crippen LogP contribution in [0.25, 0.3) is 10.9 Å². The van der Waals surface area contributed by atoms with Crippen LogP contribution in [0.15, 0.2) is 24.5 Å². The molecule has 20 heavy (non-hydrogen) atoms. The van der Waals surface area contributed by atoms with Crippen molar-refractivity contribution < 1.29 is 0 Å². The molecule has 0 radical (unpaired) electrons. The van der Waals surface area contributed by atoms with Crippen LogP contribution >= 0.6 is 0 Å². The third-order valence-electron chi connectivity index (χ3n) is 4.02. The summed E-state index contributed by atoms with van der Waals surface area (Å²) in [6, 6.07) is 4.75. The summed E-state index contributed by atoms with van der Waals surface area (Å²) in [6.45, 7) is 5.36. The van der Waals surface area contributed by atoms with Gasteiger partial charge >= 0.3 is 0 Å². The Hall–Kier alpha value is -1.52. The van der Waals surface area contributed by atoms with Gasteiger partial charge in [-0.1, -0.05) is 6.92 Å². The maximum Gasteiger partial charge on any atom is 0.0768 e. The number of pyridine rings is 2. The van der Waals surface area contributed by atoms with Crippen LogP contribution in [0, 0.1) is 0 Å². The van der Waals surface area contributed by atoms with Crippen molar-refractivity contribution in [1.29, 1.82) is 0 Å². The molecule has 2 aromatic rings. The molecule has 1 fully saturated rings. The Morgan fingerprint density at radius 2 is 2.35 bits per heavy atom. The molecule has 3 rings (SSSR count). The van der Waals surface area contributed by atoms with Gasteiger partial charge in [0.05, 0.1) is 5.52 Å². The van der Waals surface area contributed by atoms with Crippen LogP contribution in [-0.4, -0.2) is 35.6 Å². The van der Waals surface area contributed by atoms with Gasteiger partial charge in [0.15, 0.2) is 0 Å². The molecule has 2 N–H and O–H groups in total. The van der Waals surface area contributed by atoms with Crippen molar-refractivity contribution in [3.63, 3.8) is 0 Å². The molecule has 0 aromatic carbocycles. The van der Waals surface area contributed by atoms with E-state index in [2.05, 4.69) is 33.6 Å². The number of nitrogens with one attached hydrogen (secondary N) is 2. The first-order chi connectivity index (χ1) is 9.88. The zero-order valence-electron chi connectivity index (χ0n) is 12.0. The van der Waals surface area contributed by atoms with E-state index in [0.717, 1.165) is 43.7 Å². The van der Waals surface area contributed by atoms with Crippen molar-refractivity contribution in [1.82, 2.24) is 20.6 Å². The smallest absolute Gasteiger partial charge is 0.0768 e. The van der Waals surface area contributed by atoms with E-state index < -0.39 is 0 Å². The van der Waals surface area contributed by atoms with E-state index in [1.807, 2.05) is 18.5 Å². The van der Waals surface area contributed by atoms with E-state index in [1.54, 1.807) is 0 Å². The van der Waals surface area contributed by atoms with Crippen LogP contribution in [0.5, 0.6) is 0 Å². The van der Waals surface area contributed by atoms with Gasteiger partial charge in [0.25, 0.3) is 0 Å². The maximum atomic E-state index is 4.60. The van der Waals surface area contributed by atoms with Crippen molar-refractivity contribution in [3.8, 4) is 0 Å². The predicted molar refractivity (Wildman–Crippen MR) is 81.9 cm³/mol. The topological polar surface area (TPSA) is 49.8 Å². The summed E-state index contributed by atoms with van der Waals surface area (Å²) in [5.41, 5.74) is 3.51. The van der Waals surface area contributed by atoms with E-state index in [1.165, 1.54) is 17.4 Å². The number of aromatic nitrogens is 2. The minimum atomic E-state index is 0.622. The first-order valence-electron chi connectivity index (χ1n) is 7.54. The summed E-state index contributed by atoms with van der Waals surface area (Å²) in [5, 5.41) is 8.19. The van der Waals surface area contributed by atoms with Gasteiger partial charge in [0.2, 0.25) is 0 Å². The second kappa shape index (κ2) is 6.29. The van der Waals surface area contributed by atoms with Crippen molar-refractivity contribution in [2.24, 2.45) is 0 Å². The minimum absolute atomic E-state index is 0.622. The summed E-state index contributed by atoms with van der Waals surface area (Å²) in [7, 11) is 0. The Bertz CT molecular complexity index is 576. The number of aryl methyl sites for hydroxylation is 1. The molecule has 0 amide bonds. The summed E-state index contributed by atoms with van der Waals surface area (Å²) >= 11 is 0. The number of nitrogens with zero attached hydrogens (tertiary/aromatic N) is 2. The highest BCUT2D eigenvalue weighted by Gasteiger charge is 2.13. The number of hydrogen-bond acceptors (Lipinski definition) is 4. The Morgan fingerprint density at radius 1 is 1.40 bits per heavy atom. The van der Waals surface area contributed by atoms with E-state index in [4.69, 9.17) is 0 Å². The Balaban J connectivity index is 1.74. The fourth-order valence-electron chi connectivity index (χ4n) is 2.89. The molecule has 1 aliphatic heterocycles. The molecule has 1 saturated heterocycles. The first-order valence-corrected chi connectivity index (χ1v) is 7.54. The van der Waals surface area contributed by atoms with Crippen LogP contribution in [0.3, 0.4) is 0 Å². The predicted octanol–water partition coefficient (Wildman–Crippen LogP) is 1.69. The maximum absolute atomic E-state index is 4.60. The van der Waals surface area contributed by atoms with Gasteiger partial charge in [0.1, 0.15) is 0 Å². The van der Waals surface area contributed by atoms with Crippen LogP contribution in [0.1, 0.15) is 24.6 Å². The molecular formula is C16H22N4. The number of fused-ring (bicyclic) bond motifs is 1. The van der Waals surface area contributed by atoms with Crippen molar-refractivity contribution >= 4 is 10.9 Å². The van der Waals surface area contributed by atoms with E-state index in [9.17, 15) is 0 Å². The van der Waals surface area contributed by atoms with Crippen LogP contribution < -0.4 is 10.6 Å². The highest BCUT2D eigenvalue weighted by molar-refractivity contribution is 5.83. The summed E-state index contributed by atoms with van der Waals surface area (Å²) in [5.74, 6) is 0. The zero-order chi connectivity index (χ0) is 13.8. The Morgan fingerprint density at radius 3 is 3.15 bits per heavy atom.